The van der Waals surface area contributed by atoms with Crippen molar-refractivity contribution in [2.24, 2.45) is 0 Å². The number of anilines is 1. The molecule has 0 unspecified atom stereocenters. The van der Waals surface area contributed by atoms with Crippen LogP contribution in [0.25, 0.3) is 11.3 Å². The summed E-state index contributed by atoms with van der Waals surface area (Å²) in [5, 5.41) is 0. The molecule has 0 aliphatic rings. The summed E-state index contributed by atoms with van der Waals surface area (Å²) in [6.45, 7) is 7.80. The molecular formula is C15H18F3N3. The molecule has 0 saturated heterocycles. The Morgan fingerprint density at radius 1 is 1.05 bits per heavy atom. The van der Waals surface area contributed by atoms with Gasteiger partial charge in [-0.3, -0.25) is 0 Å². The number of imidazole rings is 1. The van der Waals surface area contributed by atoms with E-state index in [0.29, 0.717) is 5.82 Å². The number of rotatable bonds is 3. The third-order valence-electron chi connectivity index (χ3n) is 3.27. The van der Waals surface area contributed by atoms with Crippen molar-refractivity contribution in [1.82, 2.24) is 9.55 Å². The normalized spacial score (nSPS) is 11.7. The second kappa shape index (κ2) is 5.42. The Bertz CT molecular complexity index is 652. The summed E-state index contributed by atoms with van der Waals surface area (Å²) in [5.74, 6) is -2.87. The zero-order valence-electron chi connectivity index (χ0n) is 12.4. The molecule has 0 radical (unpaired) electrons. The van der Waals surface area contributed by atoms with E-state index >= 15 is 0 Å². The van der Waals surface area contributed by atoms with E-state index in [0.717, 1.165) is 18.0 Å². The van der Waals surface area contributed by atoms with E-state index in [9.17, 15) is 13.2 Å². The Hall–Kier alpha value is -1.98. The number of aromatic nitrogens is 2. The highest BCUT2D eigenvalue weighted by Gasteiger charge is 2.22. The van der Waals surface area contributed by atoms with Crippen LogP contribution in [0.4, 0.5) is 19.0 Å². The van der Waals surface area contributed by atoms with Gasteiger partial charge in [-0.2, -0.15) is 0 Å². The van der Waals surface area contributed by atoms with Gasteiger partial charge in [-0.1, -0.05) is 13.8 Å². The van der Waals surface area contributed by atoms with E-state index in [4.69, 9.17) is 5.73 Å². The predicted molar refractivity (Wildman–Crippen MR) is 76.4 cm³/mol. The monoisotopic (exact) mass is 297 g/mol. The largest absolute Gasteiger partial charge is 0.383 e. The molecule has 2 aromatic rings. The van der Waals surface area contributed by atoms with E-state index in [-0.39, 0.29) is 23.2 Å². The third kappa shape index (κ3) is 2.62. The lowest BCUT2D eigenvalue weighted by molar-refractivity contribution is 0.447. The fraction of sp³-hybridized carbons (Fsp3) is 0.400. The molecule has 114 valence electrons. The first kappa shape index (κ1) is 15.4. The van der Waals surface area contributed by atoms with Crippen LogP contribution in [0.2, 0.25) is 0 Å². The van der Waals surface area contributed by atoms with Crippen molar-refractivity contribution in [2.75, 3.05) is 5.73 Å². The molecule has 1 heterocycles. The predicted octanol–water partition coefficient (Wildman–Crippen LogP) is 4.25. The van der Waals surface area contributed by atoms with Gasteiger partial charge >= 0.3 is 0 Å². The fourth-order valence-corrected chi connectivity index (χ4v) is 2.32. The number of nitrogens with zero attached hydrogens (tertiary/aromatic N) is 2. The van der Waals surface area contributed by atoms with Crippen molar-refractivity contribution in [1.29, 1.82) is 0 Å². The van der Waals surface area contributed by atoms with Crippen LogP contribution in [0, 0.1) is 17.5 Å². The van der Waals surface area contributed by atoms with E-state index in [2.05, 4.69) is 4.98 Å². The molecule has 0 bridgehead atoms. The van der Waals surface area contributed by atoms with Gasteiger partial charge in [0, 0.05) is 17.5 Å². The van der Waals surface area contributed by atoms with Crippen LogP contribution >= 0.6 is 0 Å². The average molecular weight is 297 g/mol. The molecule has 0 aliphatic heterocycles. The van der Waals surface area contributed by atoms with Crippen LogP contribution in [-0.4, -0.2) is 9.55 Å². The summed E-state index contributed by atoms with van der Waals surface area (Å²) in [7, 11) is 0. The highest BCUT2D eigenvalue weighted by Crippen LogP contribution is 2.33. The van der Waals surface area contributed by atoms with Gasteiger partial charge in [-0.15, -0.1) is 0 Å². The van der Waals surface area contributed by atoms with E-state index < -0.39 is 17.5 Å². The summed E-state index contributed by atoms with van der Waals surface area (Å²) in [6, 6.07) is 1.87. The van der Waals surface area contributed by atoms with Crippen LogP contribution in [0.1, 0.15) is 45.5 Å². The van der Waals surface area contributed by atoms with Crippen molar-refractivity contribution >= 4 is 5.82 Å². The van der Waals surface area contributed by atoms with Gasteiger partial charge in [0.1, 0.15) is 17.3 Å². The number of hydrogen-bond donors (Lipinski definition) is 1. The topological polar surface area (TPSA) is 43.8 Å². The smallest absolute Gasteiger partial charge is 0.194 e. The first-order chi connectivity index (χ1) is 9.73. The molecule has 6 heteroatoms. The van der Waals surface area contributed by atoms with Gasteiger partial charge in [-0.05, 0) is 26.0 Å². The maximum atomic E-state index is 13.4. The van der Waals surface area contributed by atoms with Crippen molar-refractivity contribution < 1.29 is 13.2 Å². The van der Waals surface area contributed by atoms with Gasteiger partial charge in [0.25, 0.3) is 0 Å². The Morgan fingerprint density at radius 3 is 1.95 bits per heavy atom. The Kier molecular flexibility index (Phi) is 3.98. The molecule has 0 amide bonds. The van der Waals surface area contributed by atoms with Crippen LogP contribution in [0.15, 0.2) is 12.1 Å². The number of nitrogens with two attached hydrogens (primary N) is 1. The molecule has 21 heavy (non-hydrogen) atoms. The van der Waals surface area contributed by atoms with Crippen molar-refractivity contribution in [3.05, 3.63) is 35.4 Å². The lowest BCUT2D eigenvalue weighted by Gasteiger charge is -2.15. The van der Waals surface area contributed by atoms with Gasteiger partial charge in [0.05, 0.1) is 0 Å². The second-order valence-electron chi connectivity index (χ2n) is 5.58. The number of nitrogen functional groups attached to an aromatic ring is 1. The van der Waals surface area contributed by atoms with Crippen molar-refractivity contribution in [3.8, 4) is 11.3 Å². The van der Waals surface area contributed by atoms with Crippen molar-refractivity contribution in [2.45, 2.75) is 39.7 Å². The van der Waals surface area contributed by atoms with Gasteiger partial charge in [0.2, 0.25) is 0 Å². The second-order valence-corrected chi connectivity index (χ2v) is 5.58. The minimum absolute atomic E-state index is 0.0544. The summed E-state index contributed by atoms with van der Waals surface area (Å²) in [4.78, 5) is 4.39. The molecule has 0 atom stereocenters. The molecule has 3 nitrogen and oxygen atoms in total. The fourth-order valence-electron chi connectivity index (χ4n) is 2.32. The Morgan fingerprint density at radius 2 is 1.57 bits per heavy atom. The highest BCUT2D eigenvalue weighted by atomic mass is 19.2. The van der Waals surface area contributed by atoms with Gasteiger partial charge in [0.15, 0.2) is 17.5 Å². The maximum absolute atomic E-state index is 13.4. The summed E-state index contributed by atoms with van der Waals surface area (Å²) in [5.41, 5.74) is 6.47. The quantitative estimate of drug-likeness (QED) is 0.860. The highest BCUT2D eigenvalue weighted by molar-refractivity contribution is 5.71. The molecule has 1 aromatic heterocycles. The minimum Gasteiger partial charge on any atom is -0.383 e. The zero-order valence-corrected chi connectivity index (χ0v) is 12.4. The first-order valence-electron chi connectivity index (χ1n) is 6.76. The van der Waals surface area contributed by atoms with E-state index in [1.54, 1.807) is 0 Å². The first-order valence-corrected chi connectivity index (χ1v) is 6.76. The summed E-state index contributed by atoms with van der Waals surface area (Å²) < 4.78 is 41.7. The van der Waals surface area contributed by atoms with Crippen LogP contribution < -0.4 is 5.73 Å². The molecule has 1 aromatic carbocycles. The molecular weight excluding hydrogens is 279 g/mol. The molecule has 0 fully saturated rings. The molecule has 2 N–H and O–H groups in total. The molecule has 0 saturated carbocycles. The Balaban J connectivity index is 2.68. The number of halogens is 3. The molecule has 0 spiro atoms. The van der Waals surface area contributed by atoms with Crippen LogP contribution in [0.5, 0.6) is 0 Å². The van der Waals surface area contributed by atoms with E-state index in [1.165, 1.54) is 0 Å². The lowest BCUT2D eigenvalue weighted by atomic mass is 10.1. The van der Waals surface area contributed by atoms with Gasteiger partial charge < -0.3 is 10.3 Å². The average Bonchev–Trinajstić information content (AvgIpc) is 2.73. The van der Waals surface area contributed by atoms with Crippen LogP contribution in [-0.2, 0) is 0 Å². The number of benzene rings is 1. The zero-order chi connectivity index (χ0) is 15.9. The minimum atomic E-state index is -1.50. The molecule has 0 aliphatic carbocycles. The van der Waals surface area contributed by atoms with Gasteiger partial charge in [-0.25, -0.2) is 18.2 Å². The maximum Gasteiger partial charge on any atom is 0.194 e. The standard InChI is InChI=1S/C15H18F3N3/c1-7(2)15-20-13(14(19)21(15)8(3)4)9-5-10(16)12(18)11(17)6-9/h5-8H,19H2,1-4H3. The van der Waals surface area contributed by atoms with Crippen LogP contribution in [0.3, 0.4) is 0 Å². The van der Waals surface area contributed by atoms with E-state index in [1.807, 2.05) is 32.3 Å². The molecule has 2 rings (SSSR count). The summed E-state index contributed by atoms with van der Waals surface area (Å²) in [6.07, 6.45) is 0. The lowest BCUT2D eigenvalue weighted by Crippen LogP contribution is -2.10. The number of hydrogen-bond acceptors (Lipinski definition) is 2. The third-order valence-corrected chi connectivity index (χ3v) is 3.27. The Labute approximate surface area is 121 Å². The van der Waals surface area contributed by atoms with Crippen molar-refractivity contribution in [3.63, 3.8) is 0 Å². The summed E-state index contributed by atoms with van der Waals surface area (Å²) >= 11 is 0. The SMILES string of the molecule is CC(C)c1nc(-c2cc(F)c(F)c(F)c2)c(N)n1C(C)C.